The number of aliphatic carboxylic acids is 2. The lowest BCUT2D eigenvalue weighted by Gasteiger charge is -2.07. The SMILES string of the molecule is C[C@H](N)Cc1cccc(O)c1.C[C@H](N)Cc1cccc(O)c1.O=C(O)[C@H](O)[C@@H](O)C(=O)O. The molecule has 2 aromatic rings. The van der Waals surface area contributed by atoms with E-state index in [-0.39, 0.29) is 12.1 Å². The van der Waals surface area contributed by atoms with Crippen molar-refractivity contribution in [2.24, 2.45) is 11.5 Å². The molecule has 0 unspecified atom stereocenters. The second-order valence-corrected chi connectivity index (χ2v) is 7.27. The summed E-state index contributed by atoms with van der Waals surface area (Å²) in [5.41, 5.74) is 13.4. The number of hydrogen-bond acceptors (Lipinski definition) is 8. The minimum absolute atomic E-state index is 0.150. The lowest BCUT2D eigenvalue weighted by molar-refractivity contribution is -0.165. The first-order chi connectivity index (χ1) is 14.8. The molecule has 0 aliphatic rings. The van der Waals surface area contributed by atoms with Gasteiger partial charge in [0, 0.05) is 12.1 Å². The number of nitrogens with two attached hydrogens (primary N) is 2. The zero-order valence-corrected chi connectivity index (χ0v) is 18.0. The fourth-order valence-corrected chi connectivity index (χ4v) is 2.38. The molecule has 0 bridgehead atoms. The van der Waals surface area contributed by atoms with Gasteiger partial charge in [-0.2, -0.15) is 0 Å². The Labute approximate surface area is 186 Å². The molecule has 10 heteroatoms. The summed E-state index contributed by atoms with van der Waals surface area (Å²) in [6.45, 7) is 3.90. The number of phenols is 2. The normalized spacial score (nSPS) is 13.8. The Hall–Kier alpha value is -3.18. The second-order valence-electron chi connectivity index (χ2n) is 7.27. The highest BCUT2D eigenvalue weighted by molar-refractivity contribution is 5.83. The average Bonchev–Trinajstić information content (AvgIpc) is 2.66. The van der Waals surface area contributed by atoms with Crippen molar-refractivity contribution in [2.45, 2.75) is 51.0 Å². The van der Waals surface area contributed by atoms with Gasteiger partial charge in [0.15, 0.2) is 12.2 Å². The zero-order chi connectivity index (χ0) is 24.8. The molecule has 0 heterocycles. The van der Waals surface area contributed by atoms with Gasteiger partial charge in [0.25, 0.3) is 0 Å². The van der Waals surface area contributed by atoms with Crippen LogP contribution >= 0.6 is 0 Å². The number of aromatic hydroxyl groups is 2. The summed E-state index contributed by atoms with van der Waals surface area (Å²) < 4.78 is 0. The van der Waals surface area contributed by atoms with Crippen molar-refractivity contribution < 1.29 is 40.2 Å². The maximum atomic E-state index is 9.77. The van der Waals surface area contributed by atoms with E-state index in [2.05, 4.69) is 0 Å². The van der Waals surface area contributed by atoms with Crippen LogP contribution in [0.1, 0.15) is 25.0 Å². The number of phenolic OH excluding ortho intramolecular Hbond substituents is 2. The van der Waals surface area contributed by atoms with E-state index >= 15 is 0 Å². The van der Waals surface area contributed by atoms with E-state index in [1.54, 1.807) is 24.3 Å². The third-order valence-electron chi connectivity index (χ3n) is 3.74. The molecule has 0 amide bonds. The Morgan fingerprint density at radius 1 is 0.750 bits per heavy atom. The molecule has 10 N–H and O–H groups in total. The van der Waals surface area contributed by atoms with E-state index in [0.717, 1.165) is 24.0 Å². The van der Waals surface area contributed by atoms with Crippen molar-refractivity contribution in [3.05, 3.63) is 59.7 Å². The summed E-state index contributed by atoms with van der Waals surface area (Å²) in [4.78, 5) is 19.5. The lowest BCUT2D eigenvalue weighted by atomic mass is 10.1. The fourth-order valence-electron chi connectivity index (χ4n) is 2.38. The molecule has 0 aromatic heterocycles. The largest absolute Gasteiger partial charge is 0.508 e. The maximum absolute atomic E-state index is 9.77. The highest BCUT2D eigenvalue weighted by Gasteiger charge is 2.29. The maximum Gasteiger partial charge on any atom is 0.335 e. The Morgan fingerprint density at radius 2 is 1.06 bits per heavy atom. The number of benzene rings is 2. The van der Waals surface area contributed by atoms with Gasteiger partial charge < -0.3 is 42.1 Å². The molecule has 0 aliphatic carbocycles. The molecule has 0 saturated carbocycles. The molecular formula is C22H32N2O8. The molecule has 0 spiro atoms. The van der Waals surface area contributed by atoms with Crippen LogP contribution in [0.25, 0.3) is 0 Å². The summed E-state index contributed by atoms with van der Waals surface area (Å²) in [7, 11) is 0. The fraction of sp³-hybridized carbons (Fsp3) is 0.364. The van der Waals surface area contributed by atoms with E-state index in [4.69, 9.17) is 42.1 Å². The van der Waals surface area contributed by atoms with Crippen molar-refractivity contribution in [3.63, 3.8) is 0 Å². The zero-order valence-electron chi connectivity index (χ0n) is 18.0. The monoisotopic (exact) mass is 452 g/mol. The van der Waals surface area contributed by atoms with Crippen molar-refractivity contribution in [2.75, 3.05) is 0 Å². The van der Waals surface area contributed by atoms with Crippen molar-refractivity contribution in [3.8, 4) is 11.5 Å². The minimum Gasteiger partial charge on any atom is -0.508 e. The quantitative estimate of drug-likeness (QED) is 0.291. The van der Waals surface area contributed by atoms with Gasteiger partial charge in [0.2, 0.25) is 0 Å². The Morgan fingerprint density at radius 3 is 1.28 bits per heavy atom. The minimum atomic E-state index is -2.27. The number of carboxylic acid groups (broad SMARTS) is 2. The predicted molar refractivity (Wildman–Crippen MR) is 118 cm³/mol. The van der Waals surface area contributed by atoms with E-state index in [1.807, 2.05) is 38.1 Å². The van der Waals surface area contributed by atoms with Gasteiger partial charge >= 0.3 is 11.9 Å². The summed E-state index contributed by atoms with van der Waals surface area (Å²) in [5, 5.41) is 50.7. The first kappa shape index (κ1) is 28.8. The van der Waals surface area contributed by atoms with E-state index in [9.17, 15) is 9.59 Å². The molecule has 2 aromatic carbocycles. The molecule has 2 rings (SSSR count). The van der Waals surface area contributed by atoms with Crippen LogP contribution in [-0.2, 0) is 22.4 Å². The molecule has 0 fully saturated rings. The molecule has 10 nitrogen and oxygen atoms in total. The van der Waals surface area contributed by atoms with E-state index in [0.29, 0.717) is 11.5 Å². The van der Waals surface area contributed by atoms with Crippen molar-refractivity contribution >= 4 is 11.9 Å². The van der Waals surface area contributed by atoms with Crippen LogP contribution in [-0.4, -0.2) is 66.9 Å². The van der Waals surface area contributed by atoms with Crippen LogP contribution in [0.2, 0.25) is 0 Å². The van der Waals surface area contributed by atoms with Gasteiger partial charge in [-0.1, -0.05) is 24.3 Å². The van der Waals surface area contributed by atoms with Gasteiger partial charge in [-0.3, -0.25) is 0 Å². The molecule has 0 aliphatic heterocycles. The Kier molecular flexibility index (Phi) is 13.3. The Bertz CT molecular complexity index is 773. The molecule has 32 heavy (non-hydrogen) atoms. The van der Waals surface area contributed by atoms with Crippen molar-refractivity contribution in [1.82, 2.24) is 0 Å². The van der Waals surface area contributed by atoms with Gasteiger partial charge in [-0.25, -0.2) is 9.59 Å². The number of carboxylic acids is 2. The second kappa shape index (κ2) is 14.8. The van der Waals surface area contributed by atoms with Crippen LogP contribution in [0.15, 0.2) is 48.5 Å². The van der Waals surface area contributed by atoms with Crippen LogP contribution in [0.4, 0.5) is 0 Å². The smallest absolute Gasteiger partial charge is 0.335 e. The number of aliphatic hydroxyl groups excluding tert-OH is 2. The molecule has 4 atom stereocenters. The standard InChI is InChI=1S/2C9H13NO.C4H6O6/c2*1-7(10)5-8-3-2-4-9(11)6-8;5-1(3(7)8)2(6)4(9)10/h2*2-4,6-7,11H,5,10H2,1H3;1-2,5-6H,(H,7,8)(H,9,10)/t2*7-;1-,2-/m001/s1. The highest BCUT2D eigenvalue weighted by Crippen LogP contribution is 2.12. The Balaban J connectivity index is 0.000000452. The summed E-state index contributed by atoms with van der Waals surface area (Å²) in [6, 6.07) is 14.7. The molecule has 178 valence electrons. The van der Waals surface area contributed by atoms with Crippen LogP contribution in [0.5, 0.6) is 11.5 Å². The summed E-state index contributed by atoms with van der Waals surface area (Å²) in [6.07, 6.45) is -2.90. The number of rotatable bonds is 7. The first-order valence-corrected chi connectivity index (χ1v) is 9.72. The molecular weight excluding hydrogens is 420 g/mol. The van der Waals surface area contributed by atoms with Crippen molar-refractivity contribution in [1.29, 1.82) is 0 Å². The van der Waals surface area contributed by atoms with Crippen LogP contribution < -0.4 is 11.5 Å². The first-order valence-electron chi connectivity index (χ1n) is 9.72. The topological polar surface area (TPSA) is 208 Å². The van der Waals surface area contributed by atoms with Gasteiger partial charge in [0.05, 0.1) is 0 Å². The summed E-state index contributed by atoms with van der Waals surface area (Å²) in [5.74, 6) is -2.92. The molecule has 0 saturated heterocycles. The number of aliphatic hydroxyl groups is 2. The summed E-state index contributed by atoms with van der Waals surface area (Å²) >= 11 is 0. The predicted octanol–water partition coefficient (Wildman–Crippen LogP) is 0.441. The third kappa shape index (κ3) is 13.2. The third-order valence-corrected chi connectivity index (χ3v) is 3.74. The number of carbonyl (C=O) groups is 2. The van der Waals surface area contributed by atoms with Crippen LogP contribution in [0, 0.1) is 0 Å². The molecule has 0 radical (unpaired) electrons. The average molecular weight is 453 g/mol. The van der Waals surface area contributed by atoms with Gasteiger partial charge in [0.1, 0.15) is 11.5 Å². The van der Waals surface area contributed by atoms with E-state index in [1.165, 1.54) is 0 Å². The van der Waals surface area contributed by atoms with Gasteiger partial charge in [-0.05, 0) is 62.1 Å². The highest BCUT2D eigenvalue weighted by atomic mass is 16.4. The number of hydrogen-bond donors (Lipinski definition) is 8. The van der Waals surface area contributed by atoms with E-state index < -0.39 is 24.1 Å². The van der Waals surface area contributed by atoms with Gasteiger partial charge in [-0.15, -0.1) is 0 Å². The van der Waals surface area contributed by atoms with Crippen LogP contribution in [0.3, 0.4) is 0 Å². The lowest BCUT2D eigenvalue weighted by Crippen LogP contribution is -2.39.